The third kappa shape index (κ3) is 10.4. The highest BCUT2D eigenvalue weighted by molar-refractivity contribution is 5.77. The van der Waals surface area contributed by atoms with E-state index in [9.17, 15) is 4.79 Å². The van der Waals surface area contributed by atoms with Crippen LogP contribution in [0.25, 0.3) is 0 Å². The minimum absolute atomic E-state index is 0.0746. The molecule has 2 atom stereocenters. The maximum absolute atomic E-state index is 11.6. The number of hydrogen-bond donors (Lipinski definition) is 3. The van der Waals surface area contributed by atoms with Gasteiger partial charge in [-0.3, -0.25) is 9.79 Å². The lowest BCUT2D eigenvalue weighted by Gasteiger charge is -2.19. The third-order valence-electron chi connectivity index (χ3n) is 5.97. The van der Waals surface area contributed by atoms with Crippen LogP contribution in [-0.4, -0.2) is 43.4 Å². The Morgan fingerprint density at radius 2 is 1.94 bits per heavy atom. The SMILES string of the molecule is C/C=C\C(=C/NC=NCC)C1Nc2ccc(C)cc2N1.CCCCC(CC)CC(=O)N(C)CC. The van der Waals surface area contributed by atoms with Crippen LogP contribution in [0.2, 0.25) is 0 Å². The maximum Gasteiger partial charge on any atom is 0.222 e. The van der Waals surface area contributed by atoms with E-state index in [0.717, 1.165) is 42.9 Å². The van der Waals surface area contributed by atoms with Gasteiger partial charge in [0.1, 0.15) is 6.17 Å². The third-order valence-corrected chi connectivity index (χ3v) is 5.97. The normalized spacial score (nSPS) is 15.9. The monoisotopic (exact) mass is 469 g/mol. The maximum atomic E-state index is 11.6. The summed E-state index contributed by atoms with van der Waals surface area (Å²) in [4.78, 5) is 17.6. The van der Waals surface area contributed by atoms with E-state index in [4.69, 9.17) is 0 Å². The summed E-state index contributed by atoms with van der Waals surface area (Å²) < 4.78 is 0. The fraction of sp³-hybridized carbons (Fsp3) is 0.571. The van der Waals surface area contributed by atoms with E-state index in [0.29, 0.717) is 11.8 Å². The number of unbranched alkanes of at least 4 members (excludes halogenated alkanes) is 1. The molecule has 0 bridgehead atoms. The zero-order chi connectivity index (χ0) is 25.3. The Kier molecular flexibility index (Phi) is 14.5. The van der Waals surface area contributed by atoms with E-state index in [2.05, 4.69) is 66.0 Å². The Morgan fingerprint density at radius 3 is 2.56 bits per heavy atom. The van der Waals surface area contributed by atoms with E-state index in [1.54, 1.807) is 6.34 Å². The number of allylic oxidation sites excluding steroid dienone is 1. The van der Waals surface area contributed by atoms with Gasteiger partial charge >= 0.3 is 0 Å². The van der Waals surface area contributed by atoms with Crippen molar-refractivity contribution in [3.63, 3.8) is 0 Å². The van der Waals surface area contributed by atoms with Gasteiger partial charge in [-0.2, -0.15) is 0 Å². The predicted octanol–water partition coefficient (Wildman–Crippen LogP) is 6.33. The Hall–Kier alpha value is -2.76. The first-order valence-electron chi connectivity index (χ1n) is 12.8. The lowest BCUT2D eigenvalue weighted by Crippen LogP contribution is -2.28. The summed E-state index contributed by atoms with van der Waals surface area (Å²) in [7, 11) is 1.88. The summed E-state index contributed by atoms with van der Waals surface area (Å²) >= 11 is 0. The van der Waals surface area contributed by atoms with Crippen molar-refractivity contribution in [2.75, 3.05) is 30.8 Å². The Bertz CT molecular complexity index is 815. The van der Waals surface area contributed by atoms with Gasteiger partial charge in [0.2, 0.25) is 5.91 Å². The molecule has 1 aromatic rings. The van der Waals surface area contributed by atoms with Crippen LogP contribution in [0, 0.1) is 12.8 Å². The van der Waals surface area contributed by atoms with Gasteiger partial charge < -0.3 is 20.9 Å². The average Bonchev–Trinajstić information content (AvgIpc) is 3.26. The van der Waals surface area contributed by atoms with E-state index in [-0.39, 0.29) is 6.17 Å². The number of benzene rings is 1. The molecule has 190 valence electrons. The van der Waals surface area contributed by atoms with Gasteiger partial charge in [-0.1, -0.05) is 51.3 Å². The molecule has 6 nitrogen and oxygen atoms in total. The second kappa shape index (κ2) is 16.8. The topological polar surface area (TPSA) is 68.8 Å². The number of hydrogen-bond acceptors (Lipinski definition) is 4. The Balaban J connectivity index is 0.000000365. The van der Waals surface area contributed by atoms with E-state index < -0.39 is 0 Å². The molecule has 1 aliphatic heterocycles. The number of aryl methyl sites for hydroxylation is 1. The van der Waals surface area contributed by atoms with Gasteiger partial charge in [0.05, 0.1) is 17.7 Å². The molecule has 0 saturated heterocycles. The van der Waals surface area contributed by atoms with Gasteiger partial charge in [-0.15, -0.1) is 0 Å². The van der Waals surface area contributed by atoms with Crippen molar-refractivity contribution in [3.05, 3.63) is 47.7 Å². The largest absolute Gasteiger partial charge is 0.360 e. The first-order valence-corrected chi connectivity index (χ1v) is 12.8. The molecule has 1 aliphatic rings. The molecule has 0 fully saturated rings. The van der Waals surface area contributed by atoms with E-state index >= 15 is 0 Å². The molecule has 6 heteroatoms. The van der Waals surface area contributed by atoms with Crippen LogP contribution in [0.4, 0.5) is 11.4 Å². The number of carbonyl (C=O) groups excluding carboxylic acids is 1. The second-order valence-electron chi connectivity index (χ2n) is 8.74. The van der Waals surface area contributed by atoms with Gasteiger partial charge in [0.15, 0.2) is 0 Å². The molecule has 0 aliphatic carbocycles. The molecule has 2 rings (SSSR count). The van der Waals surface area contributed by atoms with Crippen molar-refractivity contribution in [1.29, 1.82) is 0 Å². The number of amides is 1. The number of nitrogens with zero attached hydrogens (tertiary/aromatic N) is 2. The summed E-state index contributed by atoms with van der Waals surface area (Å²) in [6.07, 6.45) is 13.4. The Labute approximate surface area is 208 Å². The molecule has 3 N–H and O–H groups in total. The quantitative estimate of drug-likeness (QED) is 0.190. The van der Waals surface area contributed by atoms with Crippen molar-refractivity contribution in [3.8, 4) is 0 Å². The molecule has 1 heterocycles. The summed E-state index contributed by atoms with van der Waals surface area (Å²) in [5.41, 5.74) is 4.67. The van der Waals surface area contributed by atoms with Gasteiger partial charge in [0.25, 0.3) is 0 Å². The van der Waals surface area contributed by atoms with Gasteiger partial charge in [0, 0.05) is 38.3 Å². The van der Waals surface area contributed by atoms with Crippen LogP contribution in [0.5, 0.6) is 0 Å². The van der Waals surface area contributed by atoms with Crippen molar-refractivity contribution in [2.45, 2.75) is 79.8 Å². The lowest BCUT2D eigenvalue weighted by molar-refractivity contribution is -0.130. The second-order valence-corrected chi connectivity index (χ2v) is 8.74. The van der Waals surface area contributed by atoms with Gasteiger partial charge in [-0.25, -0.2) is 0 Å². The number of anilines is 2. The summed E-state index contributed by atoms with van der Waals surface area (Å²) in [6.45, 7) is 14.1. The number of carbonyl (C=O) groups is 1. The minimum Gasteiger partial charge on any atom is -0.360 e. The molecule has 0 spiro atoms. The lowest BCUT2D eigenvalue weighted by atomic mass is 9.95. The van der Waals surface area contributed by atoms with Crippen LogP contribution in [-0.2, 0) is 4.79 Å². The summed E-state index contributed by atoms with van der Waals surface area (Å²) in [5, 5.41) is 10.1. The fourth-order valence-electron chi connectivity index (χ4n) is 3.64. The number of nitrogens with one attached hydrogen (secondary N) is 3. The van der Waals surface area contributed by atoms with Crippen LogP contribution in [0.1, 0.15) is 72.3 Å². The number of rotatable bonds is 12. The highest BCUT2D eigenvalue weighted by atomic mass is 16.2. The molecule has 2 unspecified atom stereocenters. The Morgan fingerprint density at radius 1 is 1.21 bits per heavy atom. The zero-order valence-corrected chi connectivity index (χ0v) is 22.4. The first-order chi connectivity index (χ1) is 16.4. The molecular formula is C28H47N5O. The molecular weight excluding hydrogens is 422 g/mol. The minimum atomic E-state index is 0.0746. The van der Waals surface area contributed by atoms with E-state index in [1.807, 2.05) is 45.0 Å². The fourth-order valence-corrected chi connectivity index (χ4v) is 3.64. The van der Waals surface area contributed by atoms with Crippen LogP contribution in [0.15, 0.2) is 47.1 Å². The number of aliphatic imine (C=N–C) groups is 1. The highest BCUT2D eigenvalue weighted by Crippen LogP contribution is 2.31. The van der Waals surface area contributed by atoms with Crippen molar-refractivity contribution in [1.82, 2.24) is 10.2 Å². The molecule has 0 aromatic heterocycles. The smallest absolute Gasteiger partial charge is 0.222 e. The highest BCUT2D eigenvalue weighted by Gasteiger charge is 2.21. The number of fused-ring (bicyclic) bond motifs is 1. The van der Waals surface area contributed by atoms with Crippen molar-refractivity contribution in [2.24, 2.45) is 10.9 Å². The molecule has 0 radical (unpaired) electrons. The average molecular weight is 470 g/mol. The van der Waals surface area contributed by atoms with Crippen LogP contribution >= 0.6 is 0 Å². The molecule has 1 amide bonds. The zero-order valence-electron chi connectivity index (χ0n) is 22.4. The molecule has 1 aromatic carbocycles. The van der Waals surface area contributed by atoms with Gasteiger partial charge in [-0.05, 0) is 57.7 Å². The van der Waals surface area contributed by atoms with Crippen LogP contribution in [0.3, 0.4) is 0 Å². The predicted molar refractivity (Wildman–Crippen MR) is 149 cm³/mol. The van der Waals surface area contributed by atoms with Crippen LogP contribution < -0.4 is 16.0 Å². The summed E-state index contributed by atoms with van der Waals surface area (Å²) in [6, 6.07) is 6.37. The van der Waals surface area contributed by atoms with Crippen molar-refractivity contribution >= 4 is 23.6 Å². The first kappa shape index (κ1) is 29.3. The standard InChI is InChI=1S/C16H22N4.C12H25NO/c1-4-6-13(10-18-11-17-5-2)16-19-14-8-7-12(3)9-15(14)20-16;1-5-8-9-11(6-2)10-12(14)13(4)7-3/h4,6-11,16,19-20H,5H2,1-3H3,(H,17,18);11H,5-10H2,1-4H3/b6-4-,13-10+;. The van der Waals surface area contributed by atoms with Crippen molar-refractivity contribution < 1.29 is 4.79 Å². The molecule has 34 heavy (non-hydrogen) atoms. The molecule has 0 saturated carbocycles. The van der Waals surface area contributed by atoms with E-state index in [1.165, 1.54) is 24.8 Å². The summed E-state index contributed by atoms with van der Waals surface area (Å²) in [5.74, 6) is 0.895.